The van der Waals surface area contributed by atoms with Crippen LogP contribution in [-0.4, -0.2) is 60.3 Å². The highest BCUT2D eigenvalue weighted by molar-refractivity contribution is 6.30. The molecule has 1 aromatic rings. The lowest BCUT2D eigenvalue weighted by Gasteiger charge is -2.70. The molecule has 1 aromatic carbocycles. The molecule has 3 fully saturated rings. The molecule has 0 unspecified atom stereocenters. The molecule has 0 aromatic heterocycles. The molecule has 3 aliphatic carbocycles. The van der Waals surface area contributed by atoms with Gasteiger partial charge in [0.25, 0.3) is 17.6 Å². The number of halogens is 5. The summed E-state index contributed by atoms with van der Waals surface area (Å²) in [7, 11) is 0. The minimum absolute atomic E-state index is 0.0604. The average molecular weight is 519 g/mol. The number of rotatable bonds is 9. The maximum Gasteiger partial charge on any atom is 0.452 e. The van der Waals surface area contributed by atoms with Crippen LogP contribution in [0.4, 0.5) is 17.6 Å². The van der Waals surface area contributed by atoms with Gasteiger partial charge >= 0.3 is 6.18 Å². The highest BCUT2D eigenvalue weighted by Gasteiger charge is 2.69. The van der Waals surface area contributed by atoms with Gasteiger partial charge in [-0.3, -0.25) is 19.8 Å². The Morgan fingerprint density at radius 1 is 1.09 bits per heavy atom. The van der Waals surface area contributed by atoms with Crippen molar-refractivity contribution in [2.24, 2.45) is 5.10 Å². The van der Waals surface area contributed by atoms with Crippen LogP contribution in [0.25, 0.3) is 0 Å². The van der Waals surface area contributed by atoms with E-state index in [1.54, 1.807) is 0 Å². The fourth-order valence-electron chi connectivity index (χ4n) is 4.40. The molecule has 5 rings (SSSR count). The third-order valence-corrected chi connectivity index (χ3v) is 6.08. The fraction of sp³-hybridized carbons (Fsp3) is 0.429. The van der Waals surface area contributed by atoms with Crippen molar-refractivity contribution < 1.29 is 41.4 Å². The summed E-state index contributed by atoms with van der Waals surface area (Å²) >= 11 is 5.59. The molecule has 0 spiro atoms. The first-order valence-electron chi connectivity index (χ1n) is 10.3. The molecule has 0 saturated heterocycles. The van der Waals surface area contributed by atoms with Crippen LogP contribution in [0.15, 0.2) is 35.1 Å². The normalized spacial score (nSPS) is 26.3. The van der Waals surface area contributed by atoms with Crippen molar-refractivity contribution in [3.05, 3.63) is 40.9 Å². The van der Waals surface area contributed by atoms with E-state index in [-0.39, 0.29) is 23.1 Å². The monoisotopic (exact) mass is 518 g/mol. The van der Waals surface area contributed by atoms with E-state index in [1.807, 2.05) is 5.43 Å². The molecule has 3 N–H and O–H groups in total. The van der Waals surface area contributed by atoms with Crippen molar-refractivity contribution in [1.82, 2.24) is 16.1 Å². The molecular weight excluding hydrogens is 500 g/mol. The lowest BCUT2D eigenvalue weighted by molar-refractivity contribution is -0.172. The number of nitrogens with zero attached hydrogens (tertiary/aromatic N) is 1. The lowest BCUT2D eigenvalue weighted by Crippen LogP contribution is -2.84. The Balaban J connectivity index is 1.17. The predicted molar refractivity (Wildman–Crippen MR) is 113 cm³/mol. The van der Waals surface area contributed by atoms with Gasteiger partial charge in [-0.25, -0.2) is 4.39 Å². The fourth-order valence-corrected chi connectivity index (χ4v) is 4.52. The summed E-state index contributed by atoms with van der Waals surface area (Å²) in [6.07, 6.45) is -1.63. The zero-order valence-electron chi connectivity index (χ0n) is 17.9. The number of carbonyl (C=O) groups is 3. The molecule has 14 heteroatoms. The third kappa shape index (κ3) is 5.50. The van der Waals surface area contributed by atoms with Crippen molar-refractivity contribution in [1.29, 1.82) is 0 Å². The Morgan fingerprint density at radius 2 is 1.69 bits per heavy atom. The van der Waals surface area contributed by atoms with Crippen molar-refractivity contribution in [3.8, 4) is 5.75 Å². The second kappa shape index (κ2) is 9.02. The molecule has 2 bridgehead atoms. The number of carbonyl (C=O) groups excluding carboxylic acids is 3. The number of Topliss-reactive ketones (excluding diaryl/α,β-unsaturated/α-hetero) is 1. The van der Waals surface area contributed by atoms with Gasteiger partial charge in [0.15, 0.2) is 13.2 Å². The first kappa shape index (κ1) is 24.8. The van der Waals surface area contributed by atoms with E-state index in [1.165, 1.54) is 12.1 Å². The van der Waals surface area contributed by atoms with Crippen molar-refractivity contribution >= 4 is 35.4 Å². The third-order valence-electron chi connectivity index (χ3n) is 5.77. The molecule has 1 atom stereocenters. The summed E-state index contributed by atoms with van der Waals surface area (Å²) in [5.41, 5.74) is 1.06. The Kier molecular flexibility index (Phi) is 6.38. The van der Waals surface area contributed by atoms with Gasteiger partial charge < -0.3 is 20.1 Å². The van der Waals surface area contributed by atoms with Gasteiger partial charge in [-0.15, -0.1) is 0 Å². The number of amides is 2. The van der Waals surface area contributed by atoms with Gasteiger partial charge in [0, 0.05) is 17.1 Å². The van der Waals surface area contributed by atoms with Crippen LogP contribution in [0.5, 0.6) is 5.75 Å². The smallest absolute Gasteiger partial charge is 0.452 e. The first-order chi connectivity index (χ1) is 16.4. The number of nitrogens with one attached hydrogen (secondary N) is 3. The summed E-state index contributed by atoms with van der Waals surface area (Å²) in [5.74, 6) is -3.60. The molecule has 1 heterocycles. The maximum atomic E-state index is 13.4. The highest BCUT2D eigenvalue weighted by Crippen LogP contribution is 2.60. The molecular formula is C21H19ClF4N4O5. The van der Waals surface area contributed by atoms with Crippen molar-refractivity contribution in [2.45, 2.75) is 42.6 Å². The standard InChI is InChI=1S/C21H19ClF4N4O5/c22-13-2-1-11(3-14(13)23)34-6-16(31)28-19-8-20(9-19,10-19)29-17(32)7-35-12-4-15(30-27-5-12)18(33)21(24,25)26/h1-5,15,30H,6-10H2,(H,28,31)(H,29,32)/t15-,19?,20?/m0/s1. The molecule has 1 aliphatic heterocycles. The predicted octanol–water partition coefficient (Wildman–Crippen LogP) is 1.75. The zero-order chi connectivity index (χ0) is 25.4. The second-order valence-electron chi connectivity index (χ2n) is 8.64. The number of benzene rings is 1. The van der Waals surface area contributed by atoms with E-state index < -0.39 is 53.3 Å². The number of alkyl halides is 3. The number of ether oxygens (including phenoxy) is 2. The molecule has 3 saturated carbocycles. The number of hydrazone groups is 1. The highest BCUT2D eigenvalue weighted by atomic mass is 35.5. The van der Waals surface area contributed by atoms with E-state index in [9.17, 15) is 31.9 Å². The van der Waals surface area contributed by atoms with Crippen molar-refractivity contribution in [2.75, 3.05) is 13.2 Å². The Morgan fingerprint density at radius 3 is 2.26 bits per heavy atom. The van der Waals surface area contributed by atoms with Gasteiger partial charge in [-0.1, -0.05) is 11.6 Å². The average Bonchev–Trinajstić information content (AvgIpc) is 2.75. The van der Waals surface area contributed by atoms with Gasteiger partial charge in [0.05, 0.1) is 11.2 Å². The summed E-state index contributed by atoms with van der Waals surface area (Å²) in [5, 5.41) is 9.01. The van der Waals surface area contributed by atoms with E-state index in [2.05, 4.69) is 15.7 Å². The summed E-state index contributed by atoms with van der Waals surface area (Å²) in [4.78, 5) is 35.7. The molecule has 4 aliphatic rings. The molecule has 188 valence electrons. The van der Waals surface area contributed by atoms with E-state index in [4.69, 9.17) is 21.1 Å². The number of hydrogen-bond donors (Lipinski definition) is 3. The van der Waals surface area contributed by atoms with Crippen LogP contribution >= 0.6 is 11.6 Å². The molecule has 9 nitrogen and oxygen atoms in total. The van der Waals surface area contributed by atoms with Crippen LogP contribution in [0.1, 0.15) is 19.3 Å². The quantitative estimate of drug-likeness (QED) is 0.429. The van der Waals surface area contributed by atoms with Crippen LogP contribution in [0.2, 0.25) is 5.02 Å². The summed E-state index contributed by atoms with van der Waals surface area (Å²) < 4.78 is 61.5. The SMILES string of the molecule is O=C(COC1=C[C@@H](C(=O)C(F)(F)F)NN=C1)NC12CC(NC(=O)COc3ccc(Cl)c(F)c3)(C1)C2. The largest absolute Gasteiger partial charge is 0.484 e. The van der Waals surface area contributed by atoms with E-state index in [0.717, 1.165) is 18.4 Å². The topological polar surface area (TPSA) is 118 Å². The Bertz CT molecular complexity index is 1100. The molecule has 2 amide bonds. The molecule has 35 heavy (non-hydrogen) atoms. The minimum Gasteiger partial charge on any atom is -0.484 e. The second-order valence-corrected chi connectivity index (χ2v) is 9.04. The lowest BCUT2D eigenvalue weighted by atomic mass is 9.44. The van der Waals surface area contributed by atoms with Crippen LogP contribution in [-0.2, 0) is 19.1 Å². The van der Waals surface area contributed by atoms with Gasteiger partial charge in [-0.2, -0.15) is 18.3 Å². The Labute approximate surface area is 200 Å². The van der Waals surface area contributed by atoms with Crippen molar-refractivity contribution in [3.63, 3.8) is 0 Å². The summed E-state index contributed by atoms with van der Waals surface area (Å²) in [6, 6.07) is 2.09. The zero-order valence-corrected chi connectivity index (χ0v) is 18.6. The number of ketones is 1. The minimum atomic E-state index is -5.04. The number of allylic oxidation sites excluding steroid dienone is 1. The summed E-state index contributed by atoms with van der Waals surface area (Å²) in [6.45, 7) is -0.809. The Hall–Kier alpha value is -3.35. The van der Waals surface area contributed by atoms with Crippen LogP contribution in [0, 0.1) is 5.82 Å². The molecule has 0 radical (unpaired) electrons. The van der Waals surface area contributed by atoms with E-state index >= 15 is 0 Å². The van der Waals surface area contributed by atoms with Gasteiger partial charge in [-0.05, 0) is 37.5 Å². The van der Waals surface area contributed by atoms with Gasteiger partial charge in [0.2, 0.25) is 0 Å². The van der Waals surface area contributed by atoms with Crippen LogP contribution < -0.4 is 20.8 Å². The first-order valence-corrected chi connectivity index (χ1v) is 10.7. The number of hydrogen-bond acceptors (Lipinski definition) is 7. The van der Waals surface area contributed by atoms with Gasteiger partial charge in [0.1, 0.15) is 23.4 Å². The van der Waals surface area contributed by atoms with Crippen LogP contribution in [0.3, 0.4) is 0 Å². The van der Waals surface area contributed by atoms with E-state index in [0.29, 0.717) is 19.3 Å². The maximum absolute atomic E-state index is 13.4.